The predicted octanol–water partition coefficient (Wildman–Crippen LogP) is 1.24. The number of β-amino-alcohol motifs (C(OH)–C–C–N with tert-alkyl or cyclic N) is 1. The van der Waals surface area contributed by atoms with E-state index < -0.39 is 0 Å². The second-order valence-corrected chi connectivity index (χ2v) is 4.75. The van der Waals surface area contributed by atoms with Gasteiger partial charge in [-0.05, 0) is 40.7 Å². The summed E-state index contributed by atoms with van der Waals surface area (Å²) in [6.07, 6.45) is 1.96. The summed E-state index contributed by atoms with van der Waals surface area (Å²) in [5.74, 6) is 0. The minimum Gasteiger partial charge on any atom is -0.389 e. The molecule has 1 saturated carbocycles. The average molecular weight is 157 g/mol. The van der Waals surface area contributed by atoms with Gasteiger partial charge in [0.25, 0.3) is 0 Å². The molecule has 0 spiro atoms. The van der Waals surface area contributed by atoms with Crippen LogP contribution in [-0.2, 0) is 0 Å². The van der Waals surface area contributed by atoms with Crippen molar-refractivity contribution in [3.8, 4) is 0 Å². The number of hydrogen-bond acceptors (Lipinski definition) is 2. The van der Waals surface area contributed by atoms with Crippen LogP contribution in [0.4, 0.5) is 0 Å². The van der Waals surface area contributed by atoms with Crippen LogP contribution in [0.25, 0.3) is 0 Å². The van der Waals surface area contributed by atoms with Crippen LogP contribution >= 0.6 is 0 Å². The minimum absolute atomic E-state index is 0.179. The maximum absolute atomic E-state index is 9.62. The lowest BCUT2D eigenvalue weighted by molar-refractivity contribution is 0.0624. The highest BCUT2D eigenvalue weighted by molar-refractivity contribution is 4.97. The van der Waals surface area contributed by atoms with Crippen LogP contribution in [0.1, 0.15) is 33.6 Å². The van der Waals surface area contributed by atoms with Crippen LogP contribution in [-0.4, -0.2) is 34.7 Å². The van der Waals surface area contributed by atoms with Crippen molar-refractivity contribution in [3.05, 3.63) is 0 Å². The molecule has 1 aliphatic rings. The Morgan fingerprint density at radius 3 is 2.09 bits per heavy atom. The number of nitrogens with zero attached hydrogens (tertiary/aromatic N) is 1. The molecule has 0 amide bonds. The second-order valence-electron chi connectivity index (χ2n) is 4.75. The SMILES string of the molecule is CN(CC1(O)CC1)C(C)(C)C. The molecular formula is C9H19NO. The van der Waals surface area contributed by atoms with Gasteiger partial charge in [0.15, 0.2) is 0 Å². The number of likely N-dealkylation sites (N-methyl/N-ethyl adjacent to an activating group) is 1. The van der Waals surface area contributed by atoms with E-state index in [4.69, 9.17) is 0 Å². The fourth-order valence-electron chi connectivity index (χ4n) is 0.981. The van der Waals surface area contributed by atoms with Crippen LogP contribution in [0.5, 0.6) is 0 Å². The largest absolute Gasteiger partial charge is 0.389 e. The average Bonchev–Trinajstić information content (AvgIpc) is 2.45. The minimum atomic E-state index is -0.345. The van der Waals surface area contributed by atoms with Gasteiger partial charge in [-0.25, -0.2) is 0 Å². The Kier molecular flexibility index (Phi) is 2.01. The Balaban J connectivity index is 2.37. The summed E-state index contributed by atoms with van der Waals surface area (Å²) in [6.45, 7) is 7.31. The molecule has 0 aliphatic heterocycles. The van der Waals surface area contributed by atoms with Gasteiger partial charge in [-0.1, -0.05) is 0 Å². The van der Waals surface area contributed by atoms with E-state index in [1.165, 1.54) is 0 Å². The normalized spacial score (nSPS) is 22.4. The van der Waals surface area contributed by atoms with Crippen LogP contribution in [0.2, 0.25) is 0 Å². The molecule has 0 saturated heterocycles. The lowest BCUT2D eigenvalue weighted by Gasteiger charge is -2.33. The standard InChI is InChI=1S/C9H19NO/c1-8(2,3)10(4)7-9(11)5-6-9/h11H,5-7H2,1-4H3. The molecule has 2 heteroatoms. The van der Waals surface area contributed by atoms with Gasteiger partial charge in [-0.15, -0.1) is 0 Å². The third-order valence-electron chi connectivity index (χ3n) is 2.50. The first-order valence-corrected chi connectivity index (χ1v) is 4.27. The molecule has 11 heavy (non-hydrogen) atoms. The summed E-state index contributed by atoms with van der Waals surface area (Å²) in [5, 5.41) is 9.62. The van der Waals surface area contributed by atoms with E-state index in [0.29, 0.717) is 0 Å². The maximum atomic E-state index is 9.62. The van der Waals surface area contributed by atoms with Crippen molar-refractivity contribution in [1.29, 1.82) is 0 Å². The number of aliphatic hydroxyl groups is 1. The molecule has 1 N–H and O–H groups in total. The number of rotatable bonds is 2. The topological polar surface area (TPSA) is 23.5 Å². The Hall–Kier alpha value is -0.0800. The third-order valence-corrected chi connectivity index (χ3v) is 2.50. The highest BCUT2D eigenvalue weighted by atomic mass is 16.3. The molecule has 1 aliphatic carbocycles. The first-order chi connectivity index (χ1) is 4.83. The van der Waals surface area contributed by atoms with E-state index in [-0.39, 0.29) is 11.1 Å². The zero-order chi connectivity index (χ0) is 8.70. The van der Waals surface area contributed by atoms with E-state index in [1.807, 2.05) is 0 Å². The van der Waals surface area contributed by atoms with Gasteiger partial charge < -0.3 is 5.11 Å². The van der Waals surface area contributed by atoms with Gasteiger partial charge in [0.1, 0.15) is 0 Å². The van der Waals surface area contributed by atoms with Gasteiger partial charge in [-0.2, -0.15) is 0 Å². The van der Waals surface area contributed by atoms with Crippen LogP contribution in [0.3, 0.4) is 0 Å². The fourth-order valence-corrected chi connectivity index (χ4v) is 0.981. The highest BCUT2D eigenvalue weighted by Crippen LogP contribution is 2.36. The van der Waals surface area contributed by atoms with Crippen molar-refractivity contribution in [1.82, 2.24) is 4.90 Å². The summed E-state index contributed by atoms with van der Waals surface area (Å²) in [7, 11) is 2.07. The van der Waals surface area contributed by atoms with E-state index >= 15 is 0 Å². The molecule has 0 bridgehead atoms. The molecule has 0 atom stereocenters. The summed E-state index contributed by atoms with van der Waals surface area (Å²) < 4.78 is 0. The van der Waals surface area contributed by atoms with Crippen LogP contribution in [0, 0.1) is 0 Å². The Morgan fingerprint density at radius 2 is 1.82 bits per heavy atom. The van der Waals surface area contributed by atoms with E-state index in [1.54, 1.807) is 0 Å². The quantitative estimate of drug-likeness (QED) is 0.652. The van der Waals surface area contributed by atoms with Crippen molar-refractivity contribution in [2.75, 3.05) is 13.6 Å². The molecule has 0 heterocycles. The summed E-state index contributed by atoms with van der Waals surface area (Å²) >= 11 is 0. The second kappa shape index (κ2) is 2.46. The van der Waals surface area contributed by atoms with E-state index in [9.17, 15) is 5.11 Å². The maximum Gasteiger partial charge on any atom is 0.0776 e. The summed E-state index contributed by atoms with van der Waals surface area (Å²) in [4.78, 5) is 2.21. The first-order valence-electron chi connectivity index (χ1n) is 4.27. The van der Waals surface area contributed by atoms with E-state index in [2.05, 4.69) is 32.7 Å². The molecule has 0 radical (unpaired) electrons. The molecule has 0 aromatic rings. The predicted molar refractivity (Wildman–Crippen MR) is 46.6 cm³/mol. The summed E-state index contributed by atoms with van der Waals surface area (Å²) in [6, 6.07) is 0. The van der Waals surface area contributed by atoms with Crippen molar-refractivity contribution in [2.45, 2.75) is 44.8 Å². The van der Waals surface area contributed by atoms with Gasteiger partial charge in [0.2, 0.25) is 0 Å². The third kappa shape index (κ3) is 2.46. The van der Waals surface area contributed by atoms with Crippen molar-refractivity contribution in [2.24, 2.45) is 0 Å². The van der Waals surface area contributed by atoms with Gasteiger partial charge >= 0.3 is 0 Å². The van der Waals surface area contributed by atoms with Crippen molar-refractivity contribution in [3.63, 3.8) is 0 Å². The Morgan fingerprint density at radius 1 is 1.36 bits per heavy atom. The molecule has 0 aromatic heterocycles. The van der Waals surface area contributed by atoms with Gasteiger partial charge in [0.05, 0.1) is 5.60 Å². The zero-order valence-corrected chi connectivity index (χ0v) is 8.02. The number of hydrogen-bond donors (Lipinski definition) is 1. The molecule has 1 rings (SSSR count). The lowest BCUT2D eigenvalue weighted by atomic mass is 10.1. The zero-order valence-electron chi connectivity index (χ0n) is 8.02. The smallest absolute Gasteiger partial charge is 0.0776 e. The van der Waals surface area contributed by atoms with Gasteiger partial charge in [-0.3, -0.25) is 4.90 Å². The Bertz CT molecular complexity index is 144. The fraction of sp³-hybridized carbons (Fsp3) is 1.00. The Labute approximate surface area is 69.2 Å². The monoisotopic (exact) mass is 157 g/mol. The van der Waals surface area contributed by atoms with Crippen LogP contribution in [0.15, 0.2) is 0 Å². The molecule has 0 aromatic carbocycles. The molecule has 2 nitrogen and oxygen atoms in total. The van der Waals surface area contributed by atoms with Gasteiger partial charge in [0, 0.05) is 12.1 Å². The summed E-state index contributed by atoms with van der Waals surface area (Å²) in [5.41, 5.74) is -0.166. The lowest BCUT2D eigenvalue weighted by Crippen LogP contribution is -2.43. The van der Waals surface area contributed by atoms with Crippen LogP contribution < -0.4 is 0 Å². The molecule has 0 unspecified atom stereocenters. The highest BCUT2D eigenvalue weighted by Gasteiger charge is 2.42. The van der Waals surface area contributed by atoms with E-state index in [0.717, 1.165) is 19.4 Å². The van der Waals surface area contributed by atoms with Crippen molar-refractivity contribution < 1.29 is 5.11 Å². The molecule has 1 fully saturated rings. The molecular weight excluding hydrogens is 138 g/mol. The van der Waals surface area contributed by atoms with Crippen molar-refractivity contribution >= 4 is 0 Å². The first kappa shape index (κ1) is 9.01. The molecule has 66 valence electrons.